The summed E-state index contributed by atoms with van der Waals surface area (Å²) in [5.41, 5.74) is 0. The smallest absolute Gasteiger partial charge is 0.239 e. The van der Waals surface area contributed by atoms with Gasteiger partial charge in [0.15, 0.2) is 0 Å². The van der Waals surface area contributed by atoms with Crippen molar-refractivity contribution in [3.8, 4) is 0 Å². The summed E-state index contributed by atoms with van der Waals surface area (Å²) in [6.07, 6.45) is 3.89. The van der Waals surface area contributed by atoms with Crippen LogP contribution in [0, 0.1) is 5.92 Å². The van der Waals surface area contributed by atoms with Crippen LogP contribution >= 0.6 is 0 Å². The molecule has 0 aromatic rings. The van der Waals surface area contributed by atoms with Gasteiger partial charge in [-0.1, -0.05) is 0 Å². The molecule has 0 aromatic carbocycles. The summed E-state index contributed by atoms with van der Waals surface area (Å²) in [5.74, 6) is 0.537. The molecule has 2 saturated heterocycles. The van der Waals surface area contributed by atoms with Gasteiger partial charge in [-0.25, -0.2) is 0 Å². The Balaban J connectivity index is 1.94. The van der Waals surface area contributed by atoms with Gasteiger partial charge in [0.05, 0.1) is 12.1 Å². The molecule has 0 saturated carbocycles. The van der Waals surface area contributed by atoms with Crippen molar-refractivity contribution in [1.82, 2.24) is 9.80 Å². The van der Waals surface area contributed by atoms with Crippen LogP contribution in [0.1, 0.15) is 32.6 Å². The van der Waals surface area contributed by atoms with E-state index in [2.05, 4.69) is 4.90 Å². The predicted molar refractivity (Wildman–Crippen MR) is 66.6 cm³/mol. The minimum atomic E-state index is -0.299. The van der Waals surface area contributed by atoms with E-state index in [0.717, 1.165) is 45.3 Å². The fourth-order valence-corrected chi connectivity index (χ4v) is 3.04. The summed E-state index contributed by atoms with van der Waals surface area (Å²) in [6.45, 7) is 4.47. The lowest BCUT2D eigenvalue weighted by molar-refractivity contribution is -0.138. The largest absolute Gasteiger partial charge is 0.393 e. The molecule has 2 aliphatic heterocycles. The highest BCUT2D eigenvalue weighted by Gasteiger charge is 2.34. The van der Waals surface area contributed by atoms with Gasteiger partial charge in [-0.3, -0.25) is 9.69 Å². The van der Waals surface area contributed by atoms with E-state index in [1.807, 2.05) is 18.9 Å². The van der Waals surface area contributed by atoms with Crippen LogP contribution in [0.3, 0.4) is 0 Å². The molecule has 4 heteroatoms. The number of aliphatic hydroxyl groups excluding tert-OH is 1. The van der Waals surface area contributed by atoms with E-state index in [1.165, 1.54) is 0 Å². The van der Waals surface area contributed by atoms with Crippen molar-refractivity contribution >= 4 is 5.91 Å². The van der Waals surface area contributed by atoms with Gasteiger partial charge in [-0.2, -0.15) is 0 Å². The minimum absolute atomic E-state index is 0.0859. The molecule has 3 atom stereocenters. The van der Waals surface area contributed by atoms with Gasteiger partial charge in [0.25, 0.3) is 0 Å². The van der Waals surface area contributed by atoms with Gasteiger partial charge in [0.1, 0.15) is 0 Å². The third-order valence-electron chi connectivity index (χ3n) is 4.26. The third kappa shape index (κ3) is 2.80. The first-order chi connectivity index (χ1) is 8.09. The second kappa shape index (κ2) is 5.36. The number of nitrogens with zero attached hydrogens (tertiary/aromatic N) is 2. The molecule has 0 spiro atoms. The zero-order valence-electron chi connectivity index (χ0n) is 10.9. The van der Waals surface area contributed by atoms with Gasteiger partial charge in [-0.05, 0) is 46.2 Å². The fraction of sp³-hybridized carbons (Fsp3) is 0.923. The molecule has 0 radical (unpaired) electrons. The van der Waals surface area contributed by atoms with E-state index < -0.39 is 0 Å². The Morgan fingerprint density at radius 3 is 2.59 bits per heavy atom. The van der Waals surface area contributed by atoms with Crippen LogP contribution in [-0.4, -0.2) is 59.6 Å². The number of amides is 1. The first kappa shape index (κ1) is 12.8. The average molecular weight is 240 g/mol. The van der Waals surface area contributed by atoms with Crippen molar-refractivity contribution in [2.45, 2.75) is 44.8 Å². The quantitative estimate of drug-likeness (QED) is 0.773. The number of piperidine rings is 1. The lowest BCUT2D eigenvalue weighted by Gasteiger charge is -2.36. The number of carbonyl (C=O) groups is 1. The van der Waals surface area contributed by atoms with Crippen LogP contribution in [0.15, 0.2) is 0 Å². The molecule has 17 heavy (non-hydrogen) atoms. The van der Waals surface area contributed by atoms with Crippen molar-refractivity contribution in [1.29, 1.82) is 0 Å². The maximum absolute atomic E-state index is 12.4. The molecule has 2 heterocycles. The van der Waals surface area contributed by atoms with Crippen LogP contribution in [-0.2, 0) is 4.79 Å². The summed E-state index contributed by atoms with van der Waals surface area (Å²) in [4.78, 5) is 16.5. The number of hydrogen-bond acceptors (Lipinski definition) is 3. The van der Waals surface area contributed by atoms with Crippen molar-refractivity contribution < 1.29 is 9.90 Å². The highest BCUT2D eigenvalue weighted by Crippen LogP contribution is 2.23. The maximum Gasteiger partial charge on any atom is 0.239 e. The molecule has 0 bridgehead atoms. The molecule has 2 fully saturated rings. The topological polar surface area (TPSA) is 43.8 Å². The summed E-state index contributed by atoms with van der Waals surface area (Å²) < 4.78 is 0. The van der Waals surface area contributed by atoms with Gasteiger partial charge in [0.2, 0.25) is 5.91 Å². The Hall–Kier alpha value is -0.610. The maximum atomic E-state index is 12.4. The van der Waals surface area contributed by atoms with E-state index in [1.54, 1.807) is 0 Å². The van der Waals surface area contributed by atoms with Gasteiger partial charge < -0.3 is 10.0 Å². The summed E-state index contributed by atoms with van der Waals surface area (Å²) in [5, 5.41) is 9.65. The molecule has 2 rings (SSSR count). The van der Waals surface area contributed by atoms with E-state index in [4.69, 9.17) is 0 Å². The number of aliphatic hydroxyl groups is 1. The lowest BCUT2D eigenvalue weighted by Crippen LogP contribution is -2.49. The molecule has 1 amide bonds. The highest BCUT2D eigenvalue weighted by atomic mass is 16.3. The standard InChI is InChI=1S/C13H24N2O2/c1-10(16)11-5-3-8-15(9-11)13(17)12-6-4-7-14(12)2/h10-12,16H,3-9H2,1-2H3. The first-order valence-corrected chi connectivity index (χ1v) is 6.76. The molecule has 3 unspecified atom stereocenters. The number of rotatable bonds is 2. The Labute approximate surface area is 104 Å². The molecule has 98 valence electrons. The summed E-state index contributed by atoms with van der Waals surface area (Å²) in [6, 6.07) is 0.0859. The van der Waals surface area contributed by atoms with E-state index in [-0.39, 0.29) is 24.0 Å². The molecule has 2 aliphatic rings. The van der Waals surface area contributed by atoms with Crippen LogP contribution in [0.4, 0.5) is 0 Å². The monoisotopic (exact) mass is 240 g/mol. The second-order valence-corrected chi connectivity index (χ2v) is 5.57. The van der Waals surface area contributed by atoms with E-state index in [0.29, 0.717) is 0 Å². The van der Waals surface area contributed by atoms with E-state index in [9.17, 15) is 9.90 Å². The summed E-state index contributed by atoms with van der Waals surface area (Å²) >= 11 is 0. The van der Waals surface area contributed by atoms with Gasteiger partial charge >= 0.3 is 0 Å². The van der Waals surface area contributed by atoms with Crippen LogP contribution in [0.5, 0.6) is 0 Å². The van der Waals surface area contributed by atoms with Gasteiger partial charge in [0, 0.05) is 19.0 Å². The van der Waals surface area contributed by atoms with E-state index >= 15 is 0 Å². The van der Waals surface area contributed by atoms with Crippen molar-refractivity contribution in [2.24, 2.45) is 5.92 Å². The number of carbonyl (C=O) groups excluding carboxylic acids is 1. The molecule has 0 aliphatic carbocycles. The third-order valence-corrected chi connectivity index (χ3v) is 4.26. The fourth-order valence-electron chi connectivity index (χ4n) is 3.04. The van der Waals surface area contributed by atoms with Crippen molar-refractivity contribution in [2.75, 3.05) is 26.7 Å². The SMILES string of the molecule is CC(O)C1CCCN(C(=O)C2CCCN2C)C1. The molecule has 4 nitrogen and oxygen atoms in total. The summed E-state index contributed by atoms with van der Waals surface area (Å²) in [7, 11) is 2.03. The Bertz CT molecular complexity index is 281. The Morgan fingerprint density at radius 1 is 1.29 bits per heavy atom. The average Bonchev–Trinajstić information content (AvgIpc) is 2.74. The number of hydrogen-bond donors (Lipinski definition) is 1. The molecule has 0 aromatic heterocycles. The zero-order valence-corrected chi connectivity index (χ0v) is 10.9. The number of likely N-dealkylation sites (tertiary alicyclic amines) is 2. The Kier molecular flexibility index (Phi) is 4.05. The normalized spacial score (nSPS) is 32.8. The molecular formula is C13H24N2O2. The molecular weight excluding hydrogens is 216 g/mol. The number of likely N-dealkylation sites (N-methyl/N-ethyl adjacent to an activating group) is 1. The van der Waals surface area contributed by atoms with Crippen molar-refractivity contribution in [3.05, 3.63) is 0 Å². The predicted octanol–water partition coefficient (Wildman–Crippen LogP) is 0.700. The minimum Gasteiger partial charge on any atom is -0.393 e. The first-order valence-electron chi connectivity index (χ1n) is 6.76. The molecule has 1 N–H and O–H groups in total. The second-order valence-electron chi connectivity index (χ2n) is 5.57. The Morgan fingerprint density at radius 2 is 2.00 bits per heavy atom. The van der Waals surface area contributed by atoms with Gasteiger partial charge in [-0.15, -0.1) is 0 Å². The van der Waals surface area contributed by atoms with Crippen LogP contribution < -0.4 is 0 Å². The zero-order chi connectivity index (χ0) is 12.4. The lowest BCUT2D eigenvalue weighted by atomic mass is 9.93. The van der Waals surface area contributed by atoms with Crippen LogP contribution in [0.2, 0.25) is 0 Å². The van der Waals surface area contributed by atoms with Crippen molar-refractivity contribution in [3.63, 3.8) is 0 Å². The highest BCUT2D eigenvalue weighted by molar-refractivity contribution is 5.82. The van der Waals surface area contributed by atoms with Crippen LogP contribution in [0.25, 0.3) is 0 Å².